The monoisotopic (exact) mass is 296 g/mol. The van der Waals surface area contributed by atoms with E-state index >= 15 is 0 Å². The number of likely N-dealkylation sites (N-methyl/N-ethyl adjacent to an activating group) is 1. The number of aliphatic carboxylic acids is 1. The van der Waals surface area contributed by atoms with Crippen molar-refractivity contribution in [2.75, 3.05) is 19.6 Å². The topological polar surface area (TPSA) is 52.6 Å². The van der Waals surface area contributed by atoms with Crippen molar-refractivity contribution in [2.45, 2.75) is 71.4 Å². The second-order valence-corrected chi connectivity index (χ2v) is 7.79. The molecule has 21 heavy (non-hydrogen) atoms. The van der Waals surface area contributed by atoms with Gasteiger partial charge in [-0.1, -0.05) is 20.8 Å². The Kier molecular flexibility index (Phi) is 5.67. The molecule has 2 fully saturated rings. The molecule has 0 unspecified atom stereocenters. The van der Waals surface area contributed by atoms with Crippen molar-refractivity contribution in [2.24, 2.45) is 11.3 Å². The van der Waals surface area contributed by atoms with Crippen molar-refractivity contribution in [3.63, 3.8) is 0 Å². The zero-order chi connectivity index (χ0) is 15.5. The van der Waals surface area contributed by atoms with Crippen LogP contribution in [-0.2, 0) is 4.79 Å². The van der Waals surface area contributed by atoms with E-state index in [1.807, 2.05) is 6.92 Å². The maximum absolute atomic E-state index is 10.8. The minimum atomic E-state index is -0.710. The Labute approximate surface area is 129 Å². The van der Waals surface area contributed by atoms with Gasteiger partial charge in [0.2, 0.25) is 0 Å². The molecule has 4 nitrogen and oxygen atoms in total. The lowest BCUT2D eigenvalue weighted by Gasteiger charge is -2.43. The first-order valence-electron chi connectivity index (χ1n) is 8.59. The van der Waals surface area contributed by atoms with Gasteiger partial charge < -0.3 is 10.4 Å². The highest BCUT2D eigenvalue weighted by Crippen LogP contribution is 2.38. The van der Waals surface area contributed by atoms with Crippen LogP contribution in [0.15, 0.2) is 0 Å². The number of carboxylic acid groups (broad SMARTS) is 1. The molecule has 0 aromatic heterocycles. The predicted octanol–water partition coefficient (Wildman–Crippen LogP) is 2.73. The number of carbonyl (C=O) groups is 1. The molecular weight excluding hydrogens is 264 g/mol. The molecule has 0 saturated heterocycles. The van der Waals surface area contributed by atoms with Gasteiger partial charge in [-0.25, -0.2) is 0 Å². The standard InChI is InChI=1S/C17H32N2O2/c1-4-19(12-16(20)21)15-9-14(10-15)18-11-13-5-7-17(2,3)8-6-13/h13-15,18H,4-12H2,1-3H3,(H,20,21). The van der Waals surface area contributed by atoms with E-state index < -0.39 is 5.97 Å². The fourth-order valence-electron chi connectivity index (χ4n) is 3.72. The molecule has 122 valence electrons. The summed E-state index contributed by atoms with van der Waals surface area (Å²) in [6.07, 6.45) is 7.65. The second-order valence-electron chi connectivity index (χ2n) is 7.79. The fourth-order valence-corrected chi connectivity index (χ4v) is 3.72. The van der Waals surface area contributed by atoms with Crippen LogP contribution in [0.3, 0.4) is 0 Å². The Morgan fingerprint density at radius 2 is 1.90 bits per heavy atom. The summed E-state index contributed by atoms with van der Waals surface area (Å²) in [7, 11) is 0. The molecule has 0 bridgehead atoms. The summed E-state index contributed by atoms with van der Waals surface area (Å²) in [5.41, 5.74) is 0.552. The summed E-state index contributed by atoms with van der Waals surface area (Å²) in [6.45, 7) is 8.99. The van der Waals surface area contributed by atoms with E-state index in [1.165, 1.54) is 25.7 Å². The molecule has 2 saturated carbocycles. The zero-order valence-electron chi connectivity index (χ0n) is 13.9. The summed E-state index contributed by atoms with van der Waals surface area (Å²) >= 11 is 0. The van der Waals surface area contributed by atoms with Gasteiger partial charge in [0.15, 0.2) is 0 Å². The van der Waals surface area contributed by atoms with Gasteiger partial charge in [-0.15, -0.1) is 0 Å². The van der Waals surface area contributed by atoms with Crippen LogP contribution < -0.4 is 5.32 Å². The Morgan fingerprint density at radius 1 is 1.29 bits per heavy atom. The summed E-state index contributed by atoms with van der Waals surface area (Å²) in [6, 6.07) is 1.07. The van der Waals surface area contributed by atoms with Crippen LogP contribution in [0, 0.1) is 11.3 Å². The van der Waals surface area contributed by atoms with Crippen LogP contribution in [-0.4, -0.2) is 47.7 Å². The smallest absolute Gasteiger partial charge is 0.317 e. The van der Waals surface area contributed by atoms with Gasteiger partial charge in [0.25, 0.3) is 0 Å². The first kappa shape index (κ1) is 16.8. The van der Waals surface area contributed by atoms with Crippen LogP contribution in [0.25, 0.3) is 0 Å². The van der Waals surface area contributed by atoms with Gasteiger partial charge in [0.1, 0.15) is 0 Å². The van der Waals surface area contributed by atoms with Crippen molar-refractivity contribution >= 4 is 5.97 Å². The highest BCUT2D eigenvalue weighted by atomic mass is 16.4. The highest BCUT2D eigenvalue weighted by Gasteiger charge is 2.34. The van der Waals surface area contributed by atoms with Crippen molar-refractivity contribution in [1.29, 1.82) is 0 Å². The molecule has 0 spiro atoms. The highest BCUT2D eigenvalue weighted by molar-refractivity contribution is 5.69. The molecule has 0 heterocycles. The fraction of sp³-hybridized carbons (Fsp3) is 0.941. The molecule has 0 aliphatic heterocycles. The molecule has 4 heteroatoms. The number of nitrogens with one attached hydrogen (secondary N) is 1. The Hall–Kier alpha value is -0.610. The minimum absolute atomic E-state index is 0.186. The van der Waals surface area contributed by atoms with E-state index in [0.29, 0.717) is 17.5 Å². The molecule has 2 N–H and O–H groups in total. The molecule has 2 rings (SSSR count). The van der Waals surface area contributed by atoms with Crippen LogP contribution >= 0.6 is 0 Å². The van der Waals surface area contributed by atoms with E-state index in [1.54, 1.807) is 0 Å². The van der Waals surface area contributed by atoms with Crippen LogP contribution in [0.4, 0.5) is 0 Å². The molecular formula is C17H32N2O2. The summed E-state index contributed by atoms with van der Waals surface area (Å²) in [5.74, 6) is 0.136. The number of carboxylic acids is 1. The molecule has 0 radical (unpaired) electrons. The molecule has 0 aromatic carbocycles. The van der Waals surface area contributed by atoms with Gasteiger partial charge in [-0.3, -0.25) is 9.69 Å². The second kappa shape index (κ2) is 7.10. The maximum Gasteiger partial charge on any atom is 0.317 e. The number of hydrogen-bond acceptors (Lipinski definition) is 3. The normalized spacial score (nSPS) is 29.3. The molecule has 0 aromatic rings. The minimum Gasteiger partial charge on any atom is -0.480 e. The number of hydrogen-bond donors (Lipinski definition) is 2. The molecule has 0 amide bonds. The lowest BCUT2D eigenvalue weighted by Crippen LogP contribution is -2.54. The third-order valence-corrected chi connectivity index (χ3v) is 5.53. The van der Waals surface area contributed by atoms with E-state index in [0.717, 1.165) is 31.8 Å². The van der Waals surface area contributed by atoms with E-state index in [2.05, 4.69) is 24.1 Å². The van der Waals surface area contributed by atoms with Crippen molar-refractivity contribution in [3.05, 3.63) is 0 Å². The molecule has 0 atom stereocenters. The average molecular weight is 296 g/mol. The van der Waals surface area contributed by atoms with Gasteiger partial charge >= 0.3 is 5.97 Å². The lowest BCUT2D eigenvalue weighted by molar-refractivity contribution is -0.139. The van der Waals surface area contributed by atoms with Gasteiger partial charge in [-0.05, 0) is 62.9 Å². The van der Waals surface area contributed by atoms with Crippen molar-refractivity contribution < 1.29 is 9.90 Å². The van der Waals surface area contributed by atoms with Crippen LogP contribution in [0.1, 0.15) is 59.3 Å². The average Bonchev–Trinajstić information content (AvgIpc) is 2.36. The van der Waals surface area contributed by atoms with Crippen molar-refractivity contribution in [3.8, 4) is 0 Å². The molecule has 2 aliphatic rings. The van der Waals surface area contributed by atoms with Crippen LogP contribution in [0.2, 0.25) is 0 Å². The SMILES string of the molecule is CCN(CC(=O)O)C1CC(NCC2CCC(C)(C)CC2)C1. The van der Waals surface area contributed by atoms with E-state index in [9.17, 15) is 4.79 Å². The Bertz CT molecular complexity index is 341. The van der Waals surface area contributed by atoms with Gasteiger partial charge in [0.05, 0.1) is 6.54 Å². The Morgan fingerprint density at radius 3 is 2.43 bits per heavy atom. The van der Waals surface area contributed by atoms with Crippen LogP contribution in [0.5, 0.6) is 0 Å². The third kappa shape index (κ3) is 4.96. The molecule has 2 aliphatic carbocycles. The predicted molar refractivity (Wildman–Crippen MR) is 85.4 cm³/mol. The van der Waals surface area contributed by atoms with E-state index in [4.69, 9.17) is 5.11 Å². The third-order valence-electron chi connectivity index (χ3n) is 5.53. The van der Waals surface area contributed by atoms with Gasteiger partial charge in [0, 0.05) is 12.1 Å². The number of nitrogens with zero attached hydrogens (tertiary/aromatic N) is 1. The summed E-state index contributed by atoms with van der Waals surface area (Å²) < 4.78 is 0. The first-order valence-corrected chi connectivity index (χ1v) is 8.59. The van der Waals surface area contributed by atoms with Gasteiger partial charge in [-0.2, -0.15) is 0 Å². The Balaban J connectivity index is 1.61. The maximum atomic E-state index is 10.8. The largest absolute Gasteiger partial charge is 0.480 e. The van der Waals surface area contributed by atoms with E-state index in [-0.39, 0.29) is 6.54 Å². The first-order chi connectivity index (χ1) is 9.89. The summed E-state index contributed by atoms with van der Waals surface area (Å²) in [5, 5.41) is 12.6. The summed E-state index contributed by atoms with van der Waals surface area (Å²) in [4.78, 5) is 12.9. The number of rotatable bonds is 7. The lowest BCUT2D eigenvalue weighted by atomic mass is 9.73. The quantitative estimate of drug-likeness (QED) is 0.758. The zero-order valence-corrected chi connectivity index (χ0v) is 13.9. The van der Waals surface area contributed by atoms with Crippen molar-refractivity contribution in [1.82, 2.24) is 10.2 Å².